The number of aliphatic imine (C=N–C) groups is 1. The van der Waals surface area contributed by atoms with Gasteiger partial charge < -0.3 is 0 Å². The van der Waals surface area contributed by atoms with Gasteiger partial charge in [0.05, 0.1) is 11.3 Å². The average Bonchev–Trinajstić information content (AvgIpc) is 2.28. The molecule has 2 aromatic carbocycles. The highest BCUT2D eigenvalue weighted by Crippen LogP contribution is 2.37. The summed E-state index contributed by atoms with van der Waals surface area (Å²) in [7, 11) is 0. The van der Waals surface area contributed by atoms with E-state index in [4.69, 9.17) is 0 Å². The summed E-state index contributed by atoms with van der Waals surface area (Å²) < 4.78 is 38.2. The Morgan fingerprint density at radius 1 is 1.00 bits per heavy atom. The van der Waals surface area contributed by atoms with E-state index in [0.717, 1.165) is 6.07 Å². The van der Waals surface area contributed by atoms with Crippen LogP contribution in [0.4, 0.5) is 18.9 Å². The maximum absolute atomic E-state index is 12.7. The fourth-order valence-electron chi connectivity index (χ4n) is 1.69. The molecule has 0 aliphatic rings. The van der Waals surface area contributed by atoms with Crippen molar-refractivity contribution in [1.29, 1.82) is 0 Å². The highest BCUT2D eigenvalue weighted by atomic mass is 19.4. The van der Waals surface area contributed by atoms with E-state index in [1.54, 1.807) is 0 Å². The Labute approximate surface area is 94.4 Å². The maximum Gasteiger partial charge on any atom is 0.417 e. The molecule has 5 heteroatoms. The van der Waals surface area contributed by atoms with Gasteiger partial charge in [0.15, 0.2) is 0 Å². The fraction of sp³-hybridized carbons (Fsp3) is 0.0833. The van der Waals surface area contributed by atoms with E-state index in [1.165, 1.54) is 36.4 Å². The molecule has 86 valence electrons. The molecule has 0 atom stereocenters. The largest absolute Gasteiger partial charge is 0.417 e. The van der Waals surface area contributed by atoms with Crippen molar-refractivity contribution >= 4 is 22.5 Å². The van der Waals surface area contributed by atoms with Gasteiger partial charge in [-0.25, -0.2) is 4.79 Å². The summed E-state index contributed by atoms with van der Waals surface area (Å²) in [6.45, 7) is 0. The molecule has 0 fully saturated rings. The Morgan fingerprint density at radius 3 is 2.29 bits per heavy atom. The van der Waals surface area contributed by atoms with Gasteiger partial charge in [0.25, 0.3) is 0 Å². The third-order valence-corrected chi connectivity index (χ3v) is 2.37. The Balaban J connectivity index is 2.83. The standard InChI is InChI=1S/C12H6F3NO/c13-12(14,15)10-5-1-4-9-8(10)3-2-6-11(9)16-7-17/h1-6H. The number of hydrogen-bond acceptors (Lipinski definition) is 2. The van der Waals surface area contributed by atoms with Crippen molar-refractivity contribution in [3.63, 3.8) is 0 Å². The summed E-state index contributed by atoms with van der Waals surface area (Å²) in [6, 6.07) is 8.01. The molecule has 0 aliphatic carbocycles. The van der Waals surface area contributed by atoms with Crippen LogP contribution < -0.4 is 0 Å². The Bertz CT molecular complexity index is 613. The summed E-state index contributed by atoms with van der Waals surface area (Å²) in [5.41, 5.74) is -0.554. The minimum Gasteiger partial charge on any atom is -0.211 e. The van der Waals surface area contributed by atoms with E-state index in [0.29, 0.717) is 0 Å². The molecule has 0 unspecified atom stereocenters. The molecule has 0 N–H and O–H groups in total. The number of rotatable bonds is 1. The summed E-state index contributed by atoms with van der Waals surface area (Å²) in [4.78, 5) is 13.6. The molecule has 0 aromatic heterocycles. The van der Waals surface area contributed by atoms with E-state index >= 15 is 0 Å². The number of nitrogens with zero attached hydrogens (tertiary/aromatic N) is 1. The highest BCUT2D eigenvalue weighted by Gasteiger charge is 2.32. The molecular formula is C12H6F3NO. The number of hydrogen-bond donors (Lipinski definition) is 0. The van der Waals surface area contributed by atoms with Crippen LogP contribution in [0.3, 0.4) is 0 Å². The summed E-state index contributed by atoms with van der Waals surface area (Å²) >= 11 is 0. The van der Waals surface area contributed by atoms with Gasteiger partial charge in [-0.05, 0) is 17.5 Å². The third-order valence-electron chi connectivity index (χ3n) is 2.37. The monoisotopic (exact) mass is 237 g/mol. The molecule has 2 aromatic rings. The normalized spacial score (nSPS) is 11.2. The lowest BCUT2D eigenvalue weighted by atomic mass is 10.0. The van der Waals surface area contributed by atoms with Crippen molar-refractivity contribution in [3.8, 4) is 0 Å². The van der Waals surface area contributed by atoms with E-state index in [1.807, 2.05) is 0 Å². The molecule has 0 saturated heterocycles. The molecular weight excluding hydrogens is 231 g/mol. The van der Waals surface area contributed by atoms with Gasteiger partial charge in [-0.15, -0.1) is 0 Å². The van der Waals surface area contributed by atoms with Gasteiger partial charge in [0, 0.05) is 5.39 Å². The Hall–Kier alpha value is -2.13. The number of benzene rings is 2. The van der Waals surface area contributed by atoms with E-state index in [9.17, 15) is 18.0 Å². The summed E-state index contributed by atoms with van der Waals surface area (Å²) in [6.07, 6.45) is -3.10. The second-order valence-corrected chi connectivity index (χ2v) is 3.38. The van der Waals surface area contributed by atoms with E-state index in [-0.39, 0.29) is 16.5 Å². The molecule has 0 aliphatic heterocycles. The molecule has 0 heterocycles. The zero-order valence-electron chi connectivity index (χ0n) is 8.45. The first kappa shape index (κ1) is 11.4. The highest BCUT2D eigenvalue weighted by molar-refractivity contribution is 5.95. The van der Waals surface area contributed by atoms with Crippen molar-refractivity contribution in [2.24, 2.45) is 4.99 Å². The minimum absolute atomic E-state index is 0.0245. The Kier molecular flexibility index (Phi) is 2.69. The van der Waals surface area contributed by atoms with Crippen molar-refractivity contribution < 1.29 is 18.0 Å². The second kappa shape index (κ2) is 4.03. The number of alkyl halides is 3. The van der Waals surface area contributed by atoms with Crippen LogP contribution in [0, 0.1) is 0 Å². The van der Waals surface area contributed by atoms with Crippen LogP contribution in [0.1, 0.15) is 5.56 Å². The van der Waals surface area contributed by atoms with Crippen LogP contribution in [-0.2, 0) is 11.0 Å². The Morgan fingerprint density at radius 2 is 1.65 bits per heavy atom. The first-order valence-corrected chi connectivity index (χ1v) is 4.71. The molecule has 2 rings (SSSR count). The maximum atomic E-state index is 12.7. The number of halogens is 3. The van der Waals surface area contributed by atoms with Gasteiger partial charge in [0.2, 0.25) is 6.08 Å². The summed E-state index contributed by atoms with van der Waals surface area (Å²) in [5, 5.41) is 0.308. The van der Waals surface area contributed by atoms with Crippen LogP contribution in [0.15, 0.2) is 41.4 Å². The van der Waals surface area contributed by atoms with Crippen molar-refractivity contribution in [1.82, 2.24) is 0 Å². The third kappa shape index (κ3) is 2.05. The van der Waals surface area contributed by atoms with Gasteiger partial charge >= 0.3 is 6.18 Å². The smallest absolute Gasteiger partial charge is 0.211 e. The topological polar surface area (TPSA) is 29.4 Å². The molecule has 0 saturated carbocycles. The minimum atomic E-state index is -4.43. The fourth-order valence-corrected chi connectivity index (χ4v) is 1.69. The molecule has 0 bridgehead atoms. The molecule has 0 spiro atoms. The van der Waals surface area contributed by atoms with Crippen LogP contribution in [0.5, 0.6) is 0 Å². The van der Waals surface area contributed by atoms with Crippen molar-refractivity contribution in [2.75, 3.05) is 0 Å². The lowest BCUT2D eigenvalue weighted by molar-refractivity contribution is -0.136. The first-order valence-electron chi connectivity index (χ1n) is 4.71. The van der Waals surface area contributed by atoms with Gasteiger partial charge in [-0.3, -0.25) is 0 Å². The predicted molar refractivity (Wildman–Crippen MR) is 56.7 cm³/mol. The van der Waals surface area contributed by atoms with Gasteiger partial charge in [0.1, 0.15) is 0 Å². The molecule has 0 amide bonds. The van der Waals surface area contributed by atoms with Gasteiger partial charge in [-0.1, -0.05) is 24.3 Å². The van der Waals surface area contributed by atoms with Crippen LogP contribution in [0.25, 0.3) is 10.8 Å². The zero-order chi connectivity index (χ0) is 12.5. The number of carbonyl (C=O) groups excluding carboxylic acids is 1. The van der Waals surface area contributed by atoms with Crippen LogP contribution >= 0.6 is 0 Å². The number of isocyanates is 1. The predicted octanol–water partition coefficient (Wildman–Crippen LogP) is 3.83. The second-order valence-electron chi connectivity index (χ2n) is 3.38. The lowest BCUT2D eigenvalue weighted by Crippen LogP contribution is -2.05. The van der Waals surface area contributed by atoms with Crippen molar-refractivity contribution in [2.45, 2.75) is 6.18 Å². The quantitative estimate of drug-likeness (QED) is 0.547. The van der Waals surface area contributed by atoms with Crippen LogP contribution in [-0.4, -0.2) is 6.08 Å². The number of fused-ring (bicyclic) bond motifs is 1. The molecule has 17 heavy (non-hydrogen) atoms. The lowest BCUT2D eigenvalue weighted by Gasteiger charge is -2.10. The van der Waals surface area contributed by atoms with E-state index < -0.39 is 11.7 Å². The van der Waals surface area contributed by atoms with E-state index in [2.05, 4.69) is 4.99 Å². The van der Waals surface area contributed by atoms with Crippen molar-refractivity contribution in [3.05, 3.63) is 42.0 Å². The molecule has 0 radical (unpaired) electrons. The average molecular weight is 237 g/mol. The first-order chi connectivity index (χ1) is 8.04. The van der Waals surface area contributed by atoms with Crippen LogP contribution in [0.2, 0.25) is 0 Å². The summed E-state index contributed by atoms with van der Waals surface area (Å²) in [5.74, 6) is 0. The zero-order valence-corrected chi connectivity index (χ0v) is 8.45. The van der Waals surface area contributed by atoms with Gasteiger partial charge in [-0.2, -0.15) is 18.2 Å². The molecule has 2 nitrogen and oxygen atoms in total. The SMILES string of the molecule is O=C=Nc1cccc2c(C(F)(F)F)cccc12.